The van der Waals surface area contributed by atoms with Crippen LogP contribution in [0.2, 0.25) is 19.6 Å². The normalized spacial score (nSPS) is 15.4. The third-order valence-electron chi connectivity index (χ3n) is 8.72. The predicted molar refractivity (Wildman–Crippen MR) is 200 cm³/mol. The maximum atomic E-state index is 3.53. The van der Waals surface area contributed by atoms with E-state index in [9.17, 15) is 0 Å². The fourth-order valence-electron chi connectivity index (χ4n) is 6.01. The van der Waals surface area contributed by atoms with Gasteiger partial charge in [-0.05, 0) is 25.5 Å². The first-order valence-electron chi connectivity index (χ1n) is 16.7. The maximum absolute atomic E-state index is 3.53. The first-order chi connectivity index (χ1) is 21.4. The molecule has 2 aliphatic rings. The molecule has 0 N–H and O–H groups in total. The Morgan fingerprint density at radius 3 is 1.70 bits per heavy atom. The summed E-state index contributed by atoms with van der Waals surface area (Å²) in [5.74, 6) is 0.553. The van der Waals surface area contributed by atoms with Crippen LogP contribution in [0, 0.1) is 18.1 Å². The van der Waals surface area contributed by atoms with E-state index < -0.39 is 8.07 Å². The van der Waals surface area contributed by atoms with E-state index in [0.717, 1.165) is 6.42 Å². The van der Waals surface area contributed by atoms with E-state index in [4.69, 9.17) is 0 Å². The topological polar surface area (TPSA) is 0 Å². The Bertz CT molecular complexity index is 1620. The SMILES string of the molecule is CC(C)(C)c1c[c-]c2c(c1)-c1cc(C(C)(C)C)ccc1C2.CC1=[C-]C(C)C=C1[Si](C)(C)C.[Zr+2]=[C](c1ccccc1)c1ccccc1. The van der Waals surface area contributed by atoms with Crippen molar-refractivity contribution >= 4 is 11.3 Å². The van der Waals surface area contributed by atoms with Crippen molar-refractivity contribution in [1.82, 2.24) is 0 Å². The van der Waals surface area contributed by atoms with Crippen LogP contribution in [-0.2, 0) is 41.5 Å². The van der Waals surface area contributed by atoms with Crippen LogP contribution in [0.25, 0.3) is 11.1 Å². The van der Waals surface area contributed by atoms with Crippen LogP contribution < -0.4 is 0 Å². The molecule has 46 heavy (non-hydrogen) atoms. The number of hydrogen-bond acceptors (Lipinski definition) is 0. The molecule has 1 unspecified atom stereocenters. The first-order valence-corrected chi connectivity index (χ1v) is 21.4. The Balaban J connectivity index is 0.000000167. The second-order valence-electron chi connectivity index (χ2n) is 15.8. The molecule has 0 aliphatic heterocycles. The van der Waals surface area contributed by atoms with Crippen LogP contribution in [0.5, 0.6) is 0 Å². The van der Waals surface area contributed by atoms with Gasteiger partial charge in [0.15, 0.2) is 0 Å². The number of fused-ring (bicyclic) bond motifs is 3. The molecule has 0 radical (unpaired) electrons. The summed E-state index contributed by atoms with van der Waals surface area (Å²) < 4.78 is 1.42. The van der Waals surface area contributed by atoms with Crippen molar-refractivity contribution in [2.45, 2.75) is 92.3 Å². The molecule has 0 bridgehead atoms. The summed E-state index contributed by atoms with van der Waals surface area (Å²) in [5.41, 5.74) is 12.8. The van der Waals surface area contributed by atoms with Crippen molar-refractivity contribution in [2.75, 3.05) is 0 Å². The number of hydrogen-bond donors (Lipinski definition) is 0. The van der Waals surface area contributed by atoms with Gasteiger partial charge in [-0.2, -0.15) is 35.4 Å². The molecule has 0 saturated carbocycles. The van der Waals surface area contributed by atoms with Crippen molar-refractivity contribution < 1.29 is 24.2 Å². The second kappa shape index (κ2) is 14.6. The van der Waals surface area contributed by atoms with Gasteiger partial charge >= 0.3 is 99.2 Å². The van der Waals surface area contributed by atoms with Gasteiger partial charge in [0.2, 0.25) is 0 Å². The summed E-state index contributed by atoms with van der Waals surface area (Å²) >= 11 is 1.46. The van der Waals surface area contributed by atoms with Crippen LogP contribution in [0.3, 0.4) is 0 Å². The van der Waals surface area contributed by atoms with Crippen LogP contribution in [0.4, 0.5) is 0 Å². The molecular formula is C44H52SiZr. The summed E-state index contributed by atoms with van der Waals surface area (Å²) in [6.07, 6.45) is 6.84. The monoisotopic (exact) mass is 698 g/mol. The summed E-state index contributed by atoms with van der Waals surface area (Å²) in [7, 11) is -1.07. The van der Waals surface area contributed by atoms with Crippen LogP contribution >= 0.6 is 0 Å². The molecule has 0 heterocycles. The van der Waals surface area contributed by atoms with Gasteiger partial charge < -0.3 is 0 Å². The predicted octanol–water partition coefficient (Wildman–Crippen LogP) is 11.6. The fraction of sp³-hybridized carbons (Fsp3) is 0.341. The number of allylic oxidation sites excluding steroid dienone is 4. The van der Waals surface area contributed by atoms with Gasteiger partial charge in [0.25, 0.3) is 0 Å². The fourth-order valence-corrected chi connectivity index (χ4v) is 8.78. The molecule has 0 saturated heterocycles. The summed E-state index contributed by atoms with van der Waals surface area (Å²) in [4.78, 5) is 0. The van der Waals surface area contributed by atoms with Crippen LogP contribution in [0.15, 0.2) is 108 Å². The van der Waals surface area contributed by atoms with Crippen LogP contribution in [0.1, 0.15) is 88.8 Å². The molecule has 4 aromatic carbocycles. The molecule has 6 rings (SSSR count). The Kier molecular flexibility index (Phi) is 11.5. The van der Waals surface area contributed by atoms with Gasteiger partial charge in [-0.1, -0.05) is 116 Å². The van der Waals surface area contributed by atoms with Crippen LogP contribution in [-0.4, -0.2) is 11.3 Å². The number of benzene rings is 4. The molecule has 0 amide bonds. The zero-order valence-corrected chi connectivity index (χ0v) is 33.5. The Hall–Kier alpha value is -2.67. The van der Waals surface area contributed by atoms with Gasteiger partial charge in [0, 0.05) is 0 Å². The van der Waals surface area contributed by atoms with Gasteiger partial charge in [-0.15, -0.1) is 5.56 Å². The minimum atomic E-state index is -1.07. The molecule has 0 spiro atoms. The van der Waals surface area contributed by atoms with Gasteiger partial charge in [0.1, 0.15) is 0 Å². The van der Waals surface area contributed by atoms with Crippen molar-refractivity contribution in [3.05, 3.63) is 153 Å². The third kappa shape index (κ3) is 9.23. The zero-order valence-electron chi connectivity index (χ0n) is 30.0. The molecule has 4 aromatic rings. The average Bonchev–Trinajstić information content (AvgIpc) is 3.55. The van der Waals surface area contributed by atoms with E-state index in [1.807, 2.05) is 0 Å². The average molecular weight is 700 g/mol. The van der Waals surface area contributed by atoms with E-state index in [1.165, 1.54) is 77.5 Å². The van der Waals surface area contributed by atoms with Gasteiger partial charge in [-0.3, -0.25) is 6.08 Å². The van der Waals surface area contributed by atoms with Crippen molar-refractivity contribution in [3.63, 3.8) is 0 Å². The van der Waals surface area contributed by atoms with Gasteiger partial charge in [-0.25, -0.2) is 10.8 Å². The molecule has 0 nitrogen and oxygen atoms in total. The van der Waals surface area contributed by atoms with Crippen molar-refractivity contribution in [1.29, 1.82) is 0 Å². The molecule has 1 atom stereocenters. The summed E-state index contributed by atoms with van der Waals surface area (Å²) in [6.45, 7) is 25.2. The van der Waals surface area contributed by atoms with E-state index in [1.54, 1.807) is 5.20 Å². The molecular weight excluding hydrogens is 648 g/mol. The first kappa shape index (κ1) is 36.2. The molecule has 2 aliphatic carbocycles. The standard InChI is InChI=1S/C21H25.C13H10.C10H17Si.Zr/c1-20(2,3)16-9-7-14-11-15-8-10-17(21(4,5)6)13-19(15)18(14)12-16;1-3-7-12(8-4-1)11-13-9-5-2-6-10-13;1-8-6-9(2)10(7-8)11(3,4)5;/h7,9-10,12-13H,11H2,1-6H3;1-10H;7-8H,1-5H3;/q-1;;-1;+2. The Morgan fingerprint density at radius 2 is 1.26 bits per heavy atom. The Morgan fingerprint density at radius 1 is 0.739 bits per heavy atom. The molecule has 2 heteroatoms. The summed E-state index contributed by atoms with van der Waals surface area (Å²) in [6, 6.07) is 36.2. The zero-order chi connectivity index (χ0) is 33.9. The van der Waals surface area contributed by atoms with Gasteiger partial charge in [0.05, 0.1) is 0 Å². The molecule has 0 aromatic heterocycles. The van der Waals surface area contributed by atoms with E-state index >= 15 is 0 Å². The van der Waals surface area contributed by atoms with Crippen molar-refractivity contribution in [2.24, 2.45) is 5.92 Å². The van der Waals surface area contributed by atoms with E-state index in [0.29, 0.717) is 5.92 Å². The number of rotatable bonds is 3. The van der Waals surface area contributed by atoms with E-state index in [2.05, 4.69) is 184 Å². The Labute approximate surface area is 296 Å². The summed E-state index contributed by atoms with van der Waals surface area (Å²) in [5, 5.41) is 1.60. The minimum absolute atomic E-state index is 0.177. The second-order valence-corrected chi connectivity index (χ2v) is 22.1. The third-order valence-corrected chi connectivity index (χ3v) is 12.3. The quantitative estimate of drug-likeness (QED) is 0.130. The van der Waals surface area contributed by atoms with E-state index in [-0.39, 0.29) is 10.8 Å². The molecule has 0 fully saturated rings. The van der Waals surface area contributed by atoms with Crippen molar-refractivity contribution in [3.8, 4) is 11.1 Å². The molecule has 236 valence electrons.